The molecule has 0 aliphatic rings. The zero-order chi connectivity index (χ0) is 23.8. The third-order valence-corrected chi connectivity index (χ3v) is 5.06. The summed E-state index contributed by atoms with van der Waals surface area (Å²) in [5, 5.41) is 18.7. The highest BCUT2D eigenvalue weighted by Crippen LogP contribution is 2.28. The van der Waals surface area contributed by atoms with Gasteiger partial charge in [0.05, 0.1) is 31.5 Å². The van der Waals surface area contributed by atoms with Crippen LogP contribution in [0.5, 0.6) is 0 Å². The van der Waals surface area contributed by atoms with Gasteiger partial charge in [-0.3, -0.25) is 14.4 Å². The third-order valence-electron chi connectivity index (χ3n) is 5.06. The van der Waals surface area contributed by atoms with Gasteiger partial charge in [-0.05, 0) is 32.3 Å². The maximum absolute atomic E-state index is 12.5. The first-order valence-corrected chi connectivity index (χ1v) is 11.2. The maximum atomic E-state index is 12.5. The Hall–Kier alpha value is -2.38. The number of ether oxygens (including phenoxy) is 2. The van der Waals surface area contributed by atoms with Crippen LogP contribution in [0.3, 0.4) is 0 Å². The smallest absolute Gasteiger partial charge is 0.332 e. The molecular formula is C23H38O8. The lowest BCUT2D eigenvalue weighted by atomic mass is 9.84. The van der Waals surface area contributed by atoms with Crippen LogP contribution >= 0.6 is 0 Å². The number of rotatable bonds is 17. The quantitative estimate of drug-likeness (QED) is 0.193. The van der Waals surface area contributed by atoms with Crippen LogP contribution in [0.15, 0.2) is 11.1 Å². The summed E-state index contributed by atoms with van der Waals surface area (Å²) in [6.07, 6.45) is 6.46. The van der Waals surface area contributed by atoms with Crippen LogP contribution < -0.4 is 0 Å². The van der Waals surface area contributed by atoms with Gasteiger partial charge >= 0.3 is 23.9 Å². The van der Waals surface area contributed by atoms with Crippen molar-refractivity contribution in [2.24, 2.45) is 11.8 Å². The summed E-state index contributed by atoms with van der Waals surface area (Å²) in [5.41, 5.74) is -0.564. The summed E-state index contributed by atoms with van der Waals surface area (Å²) in [6, 6.07) is 0. The van der Waals surface area contributed by atoms with Crippen molar-refractivity contribution in [2.45, 2.75) is 85.5 Å². The number of carbonyl (C=O) groups is 4. The van der Waals surface area contributed by atoms with Crippen LogP contribution in [0.4, 0.5) is 0 Å². The minimum absolute atomic E-state index is 0.0768. The molecule has 178 valence electrons. The molecule has 2 unspecified atom stereocenters. The van der Waals surface area contributed by atoms with Gasteiger partial charge in [0.15, 0.2) is 0 Å². The van der Waals surface area contributed by atoms with E-state index in [1.807, 2.05) is 0 Å². The standard InChI is InChI=1S/C23H38O8/c1-5-7-9-11-13-30-22(28)16(3)20(18(21(26)27)15-19(24)25)17(4)23(29)31-14-12-10-8-6-2/h16-17H,5-15H2,1-4H3,(H,24,25)(H,26,27). The van der Waals surface area contributed by atoms with Gasteiger partial charge in [0.2, 0.25) is 0 Å². The van der Waals surface area contributed by atoms with Gasteiger partial charge < -0.3 is 19.7 Å². The molecule has 8 nitrogen and oxygen atoms in total. The lowest BCUT2D eigenvalue weighted by molar-refractivity contribution is -0.149. The number of carboxylic acid groups (broad SMARTS) is 2. The van der Waals surface area contributed by atoms with Crippen LogP contribution in [-0.2, 0) is 28.7 Å². The largest absolute Gasteiger partial charge is 0.481 e. The molecule has 0 aliphatic carbocycles. The van der Waals surface area contributed by atoms with Gasteiger partial charge in [0.25, 0.3) is 0 Å². The third kappa shape index (κ3) is 11.5. The molecule has 0 saturated heterocycles. The average molecular weight is 443 g/mol. The first-order chi connectivity index (χ1) is 14.7. The van der Waals surface area contributed by atoms with Crippen molar-refractivity contribution in [3.05, 3.63) is 11.1 Å². The predicted molar refractivity (Wildman–Crippen MR) is 115 cm³/mol. The Morgan fingerprint density at radius 2 is 1.13 bits per heavy atom. The normalized spacial score (nSPS) is 12.5. The van der Waals surface area contributed by atoms with Gasteiger partial charge in [-0.2, -0.15) is 0 Å². The van der Waals surface area contributed by atoms with E-state index in [0.29, 0.717) is 12.8 Å². The van der Waals surface area contributed by atoms with E-state index in [2.05, 4.69) is 13.8 Å². The summed E-state index contributed by atoms with van der Waals surface area (Å²) in [4.78, 5) is 48.1. The molecule has 0 amide bonds. The molecule has 0 fully saturated rings. The molecule has 0 rings (SSSR count). The minimum Gasteiger partial charge on any atom is -0.481 e. The van der Waals surface area contributed by atoms with E-state index in [4.69, 9.17) is 14.6 Å². The molecule has 0 heterocycles. The van der Waals surface area contributed by atoms with E-state index < -0.39 is 47.7 Å². The van der Waals surface area contributed by atoms with Crippen molar-refractivity contribution in [1.82, 2.24) is 0 Å². The summed E-state index contributed by atoms with van der Waals surface area (Å²) in [7, 11) is 0. The van der Waals surface area contributed by atoms with Gasteiger partial charge in [0.1, 0.15) is 0 Å². The highest BCUT2D eigenvalue weighted by molar-refractivity contribution is 5.96. The number of unbranched alkanes of at least 4 members (excludes halogenated alkanes) is 6. The Morgan fingerprint density at radius 1 is 0.710 bits per heavy atom. The second-order valence-electron chi connectivity index (χ2n) is 7.71. The molecule has 31 heavy (non-hydrogen) atoms. The Morgan fingerprint density at radius 3 is 1.45 bits per heavy atom. The van der Waals surface area contributed by atoms with Crippen molar-refractivity contribution in [3.63, 3.8) is 0 Å². The van der Waals surface area contributed by atoms with Gasteiger partial charge in [0, 0.05) is 5.57 Å². The predicted octanol–water partition coefficient (Wildman–Crippen LogP) is 4.36. The number of carbonyl (C=O) groups excluding carboxylic acids is 2. The van der Waals surface area contributed by atoms with Crippen molar-refractivity contribution < 1.29 is 38.9 Å². The van der Waals surface area contributed by atoms with E-state index >= 15 is 0 Å². The molecule has 0 aromatic carbocycles. The summed E-state index contributed by atoms with van der Waals surface area (Å²) < 4.78 is 10.5. The zero-order valence-electron chi connectivity index (χ0n) is 19.3. The van der Waals surface area contributed by atoms with E-state index in [1.165, 1.54) is 13.8 Å². The molecule has 2 atom stereocenters. The first-order valence-electron chi connectivity index (χ1n) is 11.2. The topological polar surface area (TPSA) is 127 Å². The molecule has 0 aromatic heterocycles. The highest BCUT2D eigenvalue weighted by Gasteiger charge is 2.34. The van der Waals surface area contributed by atoms with E-state index in [9.17, 15) is 24.3 Å². The van der Waals surface area contributed by atoms with Crippen LogP contribution in [0.2, 0.25) is 0 Å². The summed E-state index contributed by atoms with van der Waals surface area (Å²) >= 11 is 0. The van der Waals surface area contributed by atoms with E-state index in [1.54, 1.807) is 0 Å². The number of aliphatic carboxylic acids is 2. The van der Waals surface area contributed by atoms with Crippen LogP contribution in [0.25, 0.3) is 0 Å². The molecule has 0 aliphatic heterocycles. The van der Waals surface area contributed by atoms with E-state index in [-0.39, 0.29) is 18.8 Å². The first kappa shape index (κ1) is 28.6. The van der Waals surface area contributed by atoms with Crippen LogP contribution in [0.1, 0.15) is 85.5 Å². The highest BCUT2D eigenvalue weighted by atomic mass is 16.5. The maximum Gasteiger partial charge on any atom is 0.332 e. The Balaban J connectivity index is 5.49. The summed E-state index contributed by atoms with van der Waals surface area (Å²) in [5.74, 6) is -6.38. The molecular weight excluding hydrogens is 404 g/mol. The van der Waals surface area contributed by atoms with Crippen molar-refractivity contribution in [3.8, 4) is 0 Å². The lowest BCUT2D eigenvalue weighted by Gasteiger charge is -2.23. The molecule has 0 spiro atoms. The molecule has 0 aromatic rings. The Labute approximate surface area is 185 Å². The van der Waals surface area contributed by atoms with Gasteiger partial charge in [-0.15, -0.1) is 0 Å². The van der Waals surface area contributed by atoms with E-state index in [0.717, 1.165) is 38.5 Å². The molecule has 8 heteroatoms. The monoisotopic (exact) mass is 442 g/mol. The fraction of sp³-hybridized carbons (Fsp3) is 0.739. The number of hydrogen-bond donors (Lipinski definition) is 2. The number of esters is 2. The van der Waals surface area contributed by atoms with Crippen LogP contribution in [-0.4, -0.2) is 47.3 Å². The van der Waals surface area contributed by atoms with Gasteiger partial charge in [-0.25, -0.2) is 4.79 Å². The number of carboxylic acids is 2. The molecule has 2 N–H and O–H groups in total. The molecule has 0 saturated carbocycles. The zero-order valence-corrected chi connectivity index (χ0v) is 19.3. The molecule has 0 bridgehead atoms. The van der Waals surface area contributed by atoms with Crippen molar-refractivity contribution in [1.29, 1.82) is 0 Å². The minimum atomic E-state index is -1.48. The molecule has 0 radical (unpaired) electrons. The van der Waals surface area contributed by atoms with Crippen molar-refractivity contribution >= 4 is 23.9 Å². The Kier molecular flexibility index (Phi) is 15.1. The van der Waals surface area contributed by atoms with Crippen molar-refractivity contribution in [2.75, 3.05) is 13.2 Å². The lowest BCUT2D eigenvalue weighted by Crippen LogP contribution is -2.29. The second kappa shape index (κ2) is 16.3. The van der Waals surface area contributed by atoms with Crippen LogP contribution in [0, 0.1) is 11.8 Å². The average Bonchev–Trinajstić information content (AvgIpc) is 2.71. The van der Waals surface area contributed by atoms with Gasteiger partial charge in [-0.1, -0.05) is 52.4 Å². The SMILES string of the molecule is CCCCCCOC(=O)C(C)C(=C(CC(=O)O)C(=O)O)C(C)C(=O)OCCCCCC. The number of hydrogen-bond acceptors (Lipinski definition) is 6. The summed E-state index contributed by atoms with van der Waals surface area (Å²) in [6.45, 7) is 7.36. The fourth-order valence-corrected chi connectivity index (χ4v) is 3.26. The Bertz CT molecular complexity index is 589. The fourth-order valence-electron chi connectivity index (χ4n) is 3.26. The second-order valence-corrected chi connectivity index (χ2v) is 7.71.